The largest absolute Gasteiger partial charge is 0.465 e. The molecular formula is C12H17N3O5. The summed E-state index contributed by atoms with van der Waals surface area (Å²) in [6.07, 6.45) is 1.14. The molecule has 1 amide bonds. The highest BCUT2D eigenvalue weighted by molar-refractivity contribution is 5.95. The summed E-state index contributed by atoms with van der Waals surface area (Å²) in [5.74, 6) is -1.00. The van der Waals surface area contributed by atoms with E-state index in [1.165, 1.54) is 4.90 Å². The lowest BCUT2D eigenvalue weighted by Gasteiger charge is -2.25. The maximum atomic E-state index is 12.2. The van der Waals surface area contributed by atoms with Crippen molar-refractivity contribution in [2.75, 3.05) is 13.2 Å². The predicted octanol–water partition coefficient (Wildman–Crippen LogP) is 1.34. The molecule has 0 saturated carbocycles. The van der Waals surface area contributed by atoms with Crippen LogP contribution in [0.25, 0.3) is 0 Å². The lowest BCUT2D eigenvalue weighted by Crippen LogP contribution is -2.41. The number of H-pyrrole nitrogens is 1. The summed E-state index contributed by atoms with van der Waals surface area (Å²) in [7, 11) is 0. The number of nitro groups is 1. The first-order valence-corrected chi connectivity index (χ1v) is 6.16. The quantitative estimate of drug-likeness (QED) is 0.481. The number of carbonyl (C=O) groups excluding carboxylic acids is 2. The number of aromatic nitrogens is 1. The van der Waals surface area contributed by atoms with Gasteiger partial charge in [-0.15, -0.1) is 0 Å². The first-order chi connectivity index (χ1) is 9.36. The fourth-order valence-corrected chi connectivity index (χ4v) is 1.60. The van der Waals surface area contributed by atoms with Gasteiger partial charge in [-0.1, -0.05) is 0 Å². The van der Waals surface area contributed by atoms with Crippen LogP contribution in [0.5, 0.6) is 0 Å². The number of rotatable bonds is 6. The third-order valence-electron chi connectivity index (χ3n) is 2.60. The van der Waals surface area contributed by atoms with Crippen LogP contribution in [-0.2, 0) is 9.53 Å². The van der Waals surface area contributed by atoms with Crippen molar-refractivity contribution in [2.24, 2.45) is 0 Å². The molecule has 1 aromatic rings. The summed E-state index contributed by atoms with van der Waals surface area (Å²) >= 11 is 0. The molecule has 0 aliphatic carbocycles. The minimum Gasteiger partial charge on any atom is -0.465 e. The smallest absolute Gasteiger partial charge is 0.325 e. The monoisotopic (exact) mass is 283 g/mol. The molecule has 0 bridgehead atoms. The molecule has 8 heteroatoms. The standard InChI is InChI=1S/C12H17N3O5/c1-4-20-11(16)7-14(8(2)3)12(17)10-5-9(6-13-10)15(18)19/h5-6,8,13H,4,7H2,1-3H3. The third-order valence-corrected chi connectivity index (χ3v) is 2.60. The summed E-state index contributed by atoms with van der Waals surface area (Å²) in [4.78, 5) is 37.5. The van der Waals surface area contributed by atoms with Crippen LogP contribution in [0.15, 0.2) is 12.3 Å². The Morgan fingerprint density at radius 3 is 2.60 bits per heavy atom. The van der Waals surface area contributed by atoms with Crippen molar-refractivity contribution in [2.45, 2.75) is 26.8 Å². The highest BCUT2D eigenvalue weighted by atomic mass is 16.6. The summed E-state index contributed by atoms with van der Waals surface area (Å²) in [6, 6.07) is 0.900. The molecule has 1 heterocycles. The molecule has 0 aromatic carbocycles. The van der Waals surface area contributed by atoms with Crippen LogP contribution in [0.3, 0.4) is 0 Å². The summed E-state index contributed by atoms with van der Waals surface area (Å²) in [5, 5.41) is 10.6. The number of aromatic amines is 1. The van der Waals surface area contributed by atoms with Gasteiger partial charge in [-0.3, -0.25) is 19.7 Å². The zero-order valence-electron chi connectivity index (χ0n) is 11.6. The number of esters is 1. The van der Waals surface area contributed by atoms with Crippen molar-refractivity contribution in [1.82, 2.24) is 9.88 Å². The van der Waals surface area contributed by atoms with Gasteiger partial charge in [0.2, 0.25) is 0 Å². The van der Waals surface area contributed by atoms with Crippen LogP contribution < -0.4 is 0 Å². The van der Waals surface area contributed by atoms with Crippen LogP contribution in [-0.4, -0.2) is 45.9 Å². The van der Waals surface area contributed by atoms with Crippen LogP contribution >= 0.6 is 0 Å². The molecule has 0 saturated heterocycles. The molecule has 0 atom stereocenters. The molecule has 1 N–H and O–H groups in total. The molecule has 0 fully saturated rings. The van der Waals surface area contributed by atoms with Gasteiger partial charge in [-0.2, -0.15) is 0 Å². The highest BCUT2D eigenvalue weighted by Gasteiger charge is 2.24. The molecule has 0 unspecified atom stereocenters. The second-order valence-electron chi connectivity index (χ2n) is 4.36. The average molecular weight is 283 g/mol. The van der Waals surface area contributed by atoms with Crippen LogP contribution in [0.4, 0.5) is 5.69 Å². The molecule has 0 aliphatic heterocycles. The maximum absolute atomic E-state index is 12.2. The van der Waals surface area contributed by atoms with Gasteiger partial charge in [0.05, 0.1) is 17.7 Å². The Bertz CT molecular complexity index is 509. The van der Waals surface area contributed by atoms with E-state index in [4.69, 9.17) is 4.74 Å². The number of nitrogens with one attached hydrogen (secondary N) is 1. The number of nitrogens with zero attached hydrogens (tertiary/aromatic N) is 2. The molecule has 0 spiro atoms. The van der Waals surface area contributed by atoms with Gasteiger partial charge in [0, 0.05) is 12.1 Å². The van der Waals surface area contributed by atoms with Gasteiger partial charge < -0.3 is 14.6 Å². The predicted molar refractivity (Wildman–Crippen MR) is 70.3 cm³/mol. The van der Waals surface area contributed by atoms with E-state index in [1.54, 1.807) is 20.8 Å². The second-order valence-corrected chi connectivity index (χ2v) is 4.36. The van der Waals surface area contributed by atoms with E-state index < -0.39 is 16.8 Å². The van der Waals surface area contributed by atoms with E-state index in [1.807, 2.05) is 0 Å². The number of hydrogen-bond donors (Lipinski definition) is 1. The minimum absolute atomic E-state index is 0.0645. The molecule has 8 nitrogen and oxygen atoms in total. The molecule has 20 heavy (non-hydrogen) atoms. The fourth-order valence-electron chi connectivity index (χ4n) is 1.60. The van der Waals surface area contributed by atoms with E-state index in [0.29, 0.717) is 0 Å². The van der Waals surface area contributed by atoms with Crippen molar-refractivity contribution in [3.63, 3.8) is 0 Å². The number of ether oxygens (including phenoxy) is 1. The average Bonchev–Trinajstić information content (AvgIpc) is 2.84. The Morgan fingerprint density at radius 1 is 1.50 bits per heavy atom. The van der Waals surface area contributed by atoms with Crippen molar-refractivity contribution in [1.29, 1.82) is 0 Å². The number of carbonyl (C=O) groups is 2. The summed E-state index contributed by atoms with van der Waals surface area (Å²) in [6.45, 7) is 5.20. The topological polar surface area (TPSA) is 106 Å². The van der Waals surface area contributed by atoms with Gasteiger partial charge >= 0.3 is 5.97 Å². The maximum Gasteiger partial charge on any atom is 0.325 e. The minimum atomic E-state index is -0.599. The van der Waals surface area contributed by atoms with Crippen LogP contribution in [0.1, 0.15) is 31.3 Å². The van der Waals surface area contributed by atoms with E-state index in [2.05, 4.69) is 4.98 Å². The Kier molecular flexibility index (Phi) is 5.24. The lowest BCUT2D eigenvalue weighted by atomic mass is 10.2. The molecule has 1 rings (SSSR count). The fraction of sp³-hybridized carbons (Fsp3) is 0.500. The van der Waals surface area contributed by atoms with Crippen LogP contribution in [0, 0.1) is 10.1 Å². The number of amides is 1. The van der Waals surface area contributed by atoms with E-state index >= 15 is 0 Å². The third kappa shape index (κ3) is 3.81. The Hall–Kier alpha value is -2.38. The Balaban J connectivity index is 2.87. The SMILES string of the molecule is CCOC(=O)CN(C(=O)c1cc([N+](=O)[O-])c[nH]1)C(C)C. The molecule has 1 aromatic heterocycles. The van der Waals surface area contributed by atoms with Crippen molar-refractivity contribution in [3.05, 3.63) is 28.1 Å². The molecular weight excluding hydrogens is 266 g/mol. The first-order valence-electron chi connectivity index (χ1n) is 6.16. The van der Waals surface area contributed by atoms with Gasteiger partial charge in [-0.25, -0.2) is 0 Å². The first kappa shape index (κ1) is 15.7. The Morgan fingerprint density at radius 2 is 2.15 bits per heavy atom. The van der Waals surface area contributed by atoms with Crippen molar-refractivity contribution in [3.8, 4) is 0 Å². The van der Waals surface area contributed by atoms with Crippen molar-refractivity contribution < 1.29 is 19.2 Å². The normalized spacial score (nSPS) is 10.4. The zero-order chi connectivity index (χ0) is 15.3. The van der Waals surface area contributed by atoms with Gasteiger partial charge in [0.25, 0.3) is 11.6 Å². The summed E-state index contributed by atoms with van der Waals surface area (Å²) in [5.41, 5.74) is -0.136. The lowest BCUT2D eigenvalue weighted by molar-refractivity contribution is -0.384. The molecule has 0 aliphatic rings. The van der Waals surface area contributed by atoms with Gasteiger partial charge in [-0.05, 0) is 20.8 Å². The number of hydrogen-bond acceptors (Lipinski definition) is 5. The Labute approximate surface area is 115 Å². The summed E-state index contributed by atoms with van der Waals surface area (Å²) < 4.78 is 4.80. The molecule has 0 radical (unpaired) electrons. The second kappa shape index (κ2) is 6.69. The van der Waals surface area contributed by atoms with E-state index in [-0.39, 0.29) is 30.6 Å². The van der Waals surface area contributed by atoms with Gasteiger partial charge in [0.15, 0.2) is 0 Å². The highest BCUT2D eigenvalue weighted by Crippen LogP contribution is 2.15. The molecule has 110 valence electrons. The van der Waals surface area contributed by atoms with E-state index in [9.17, 15) is 19.7 Å². The zero-order valence-corrected chi connectivity index (χ0v) is 11.6. The van der Waals surface area contributed by atoms with Crippen LogP contribution in [0.2, 0.25) is 0 Å². The van der Waals surface area contributed by atoms with Gasteiger partial charge in [0.1, 0.15) is 12.2 Å². The van der Waals surface area contributed by atoms with Crippen molar-refractivity contribution >= 4 is 17.6 Å². The van der Waals surface area contributed by atoms with E-state index in [0.717, 1.165) is 12.3 Å².